The van der Waals surface area contributed by atoms with Crippen LogP contribution in [0.5, 0.6) is 0 Å². The number of aromatic nitrogens is 2. The molecule has 186 valence electrons. The molecule has 3 aliphatic heterocycles. The zero-order chi connectivity index (χ0) is 24.6. The lowest BCUT2D eigenvalue weighted by molar-refractivity contribution is -0.166. The molecule has 3 aliphatic rings. The van der Waals surface area contributed by atoms with Crippen LogP contribution in [0.3, 0.4) is 0 Å². The van der Waals surface area contributed by atoms with Gasteiger partial charge in [0.2, 0.25) is 0 Å². The van der Waals surface area contributed by atoms with Gasteiger partial charge in [0.05, 0.1) is 0 Å². The van der Waals surface area contributed by atoms with E-state index in [9.17, 15) is 18.0 Å². The monoisotopic (exact) mass is 503 g/mol. The number of ether oxygens (including phenoxy) is 2. The number of nitrogens with one attached hydrogen (secondary N) is 2. The van der Waals surface area contributed by atoms with Crippen molar-refractivity contribution in [1.29, 1.82) is 0 Å². The highest BCUT2D eigenvalue weighted by Gasteiger charge is 2.80. The molecule has 0 bridgehead atoms. The average Bonchev–Trinajstić information content (AvgIpc) is 3.18. The van der Waals surface area contributed by atoms with Crippen molar-refractivity contribution in [3.05, 3.63) is 32.6 Å². The maximum Gasteiger partial charge on any atom is 0.330 e. The van der Waals surface area contributed by atoms with E-state index in [1.54, 1.807) is 13.8 Å². The molecule has 5 atom stereocenters. The molecule has 13 heteroatoms. The molecule has 1 spiro atoms. The summed E-state index contributed by atoms with van der Waals surface area (Å²) >= 11 is 0. The molecular weight excluding hydrogens is 470 g/mol. The van der Waals surface area contributed by atoms with E-state index in [2.05, 4.69) is 31.1 Å². The van der Waals surface area contributed by atoms with Gasteiger partial charge in [0.25, 0.3) is 15.7 Å². The van der Waals surface area contributed by atoms with Crippen LogP contribution in [0, 0.1) is 6.92 Å². The minimum atomic E-state index is -3.98. The number of H-pyrrole nitrogens is 1. The van der Waals surface area contributed by atoms with E-state index in [4.69, 9.17) is 18.1 Å². The normalized spacial score (nSPS) is 35.5. The van der Waals surface area contributed by atoms with Crippen LogP contribution >= 0.6 is 0 Å². The first-order chi connectivity index (χ1) is 15.1. The number of rotatable bonds is 5. The van der Waals surface area contributed by atoms with Gasteiger partial charge in [0.1, 0.15) is 18.0 Å². The molecule has 0 amide bonds. The maximum atomic E-state index is 12.8. The number of hydrogen-bond donors (Lipinski definition) is 2. The average molecular weight is 504 g/mol. The third-order valence-corrected chi connectivity index (χ3v) is 13.1. The van der Waals surface area contributed by atoms with Gasteiger partial charge >= 0.3 is 5.69 Å². The third-order valence-electron chi connectivity index (χ3n) is 7.35. The molecule has 3 saturated heterocycles. The molecule has 0 radical (unpaired) electrons. The Balaban J connectivity index is 1.93. The van der Waals surface area contributed by atoms with Gasteiger partial charge in [-0.15, -0.1) is 0 Å². The number of aryl methyl sites for hydroxylation is 1. The molecule has 0 saturated carbocycles. The van der Waals surface area contributed by atoms with E-state index in [0.29, 0.717) is 5.56 Å². The zero-order valence-electron chi connectivity index (χ0n) is 20.1. The van der Waals surface area contributed by atoms with Gasteiger partial charge in [-0.05, 0) is 32.0 Å². The summed E-state index contributed by atoms with van der Waals surface area (Å²) in [7, 11) is -6.52. The Bertz CT molecular complexity index is 1170. The van der Waals surface area contributed by atoms with Crippen LogP contribution < -0.4 is 16.6 Å². The van der Waals surface area contributed by atoms with Gasteiger partial charge in [-0.1, -0.05) is 20.8 Å². The van der Waals surface area contributed by atoms with Crippen molar-refractivity contribution in [2.24, 2.45) is 0 Å². The first kappa shape index (κ1) is 24.8. The summed E-state index contributed by atoms with van der Waals surface area (Å²) in [6.07, 6.45) is -1.38. The topological polar surface area (TPSA) is 138 Å². The molecule has 33 heavy (non-hydrogen) atoms. The predicted octanol–water partition coefficient (Wildman–Crippen LogP) is 0.568. The molecule has 0 aromatic carbocycles. The molecule has 3 fully saturated rings. The Kier molecular flexibility index (Phi) is 5.68. The fourth-order valence-corrected chi connectivity index (χ4v) is 7.72. The largest absolute Gasteiger partial charge is 0.406 e. The first-order valence-corrected chi connectivity index (χ1v) is 15.6. The smallest absolute Gasteiger partial charge is 0.330 e. The van der Waals surface area contributed by atoms with E-state index >= 15 is 0 Å². The lowest BCUT2D eigenvalue weighted by Gasteiger charge is -2.45. The van der Waals surface area contributed by atoms with E-state index in [-0.39, 0.29) is 18.2 Å². The van der Waals surface area contributed by atoms with Crippen molar-refractivity contribution < 1.29 is 26.5 Å². The van der Waals surface area contributed by atoms with Gasteiger partial charge < -0.3 is 13.9 Å². The lowest BCUT2D eigenvalue weighted by Crippen LogP contribution is -2.66. The van der Waals surface area contributed by atoms with Crippen LogP contribution in [0.2, 0.25) is 18.1 Å². The van der Waals surface area contributed by atoms with Crippen molar-refractivity contribution in [2.75, 3.05) is 18.9 Å². The summed E-state index contributed by atoms with van der Waals surface area (Å²) in [5, 5.41) is 2.96. The van der Waals surface area contributed by atoms with Gasteiger partial charge in [0.15, 0.2) is 25.9 Å². The summed E-state index contributed by atoms with van der Waals surface area (Å²) < 4.78 is 51.8. The van der Waals surface area contributed by atoms with Crippen molar-refractivity contribution in [1.82, 2.24) is 14.9 Å². The molecule has 11 nitrogen and oxygen atoms in total. The molecule has 0 unspecified atom stereocenters. The van der Waals surface area contributed by atoms with Crippen molar-refractivity contribution in [3.8, 4) is 0 Å². The van der Waals surface area contributed by atoms with E-state index in [1.807, 2.05) is 13.1 Å². The molecular formula is C20H33N3O8SSi. The molecule has 2 N–H and O–H groups in total. The Morgan fingerprint density at radius 3 is 2.58 bits per heavy atom. The first-order valence-electron chi connectivity index (χ1n) is 11.1. The second-order valence-electron chi connectivity index (χ2n) is 10.5. The Morgan fingerprint density at radius 2 is 1.97 bits per heavy atom. The highest BCUT2D eigenvalue weighted by molar-refractivity contribution is 7.87. The van der Waals surface area contributed by atoms with E-state index in [0.717, 1.165) is 0 Å². The van der Waals surface area contributed by atoms with Crippen LogP contribution in [0.4, 0.5) is 0 Å². The Labute approximate surface area is 194 Å². The highest BCUT2D eigenvalue weighted by atomic mass is 32.2. The molecule has 4 heterocycles. The second kappa shape index (κ2) is 7.57. The maximum absolute atomic E-state index is 12.8. The highest BCUT2D eigenvalue weighted by Crippen LogP contribution is 2.57. The summed E-state index contributed by atoms with van der Waals surface area (Å²) in [5.41, 5.74) is -3.79. The van der Waals surface area contributed by atoms with Crippen molar-refractivity contribution >= 4 is 18.4 Å². The zero-order valence-corrected chi connectivity index (χ0v) is 21.9. The number of aromatic amines is 1. The van der Waals surface area contributed by atoms with Gasteiger partial charge in [0, 0.05) is 24.9 Å². The fourth-order valence-electron chi connectivity index (χ4n) is 4.72. The summed E-state index contributed by atoms with van der Waals surface area (Å²) in [5.74, 6) is -0.405. The lowest BCUT2D eigenvalue weighted by atomic mass is 9.85. The minimum Gasteiger partial charge on any atom is -0.406 e. The van der Waals surface area contributed by atoms with Gasteiger partial charge in [-0.2, -0.15) is 8.42 Å². The quantitative estimate of drug-likeness (QED) is 0.436. The van der Waals surface area contributed by atoms with E-state index < -0.39 is 65.2 Å². The van der Waals surface area contributed by atoms with E-state index in [1.165, 1.54) is 10.8 Å². The van der Waals surface area contributed by atoms with Crippen LogP contribution in [0.15, 0.2) is 15.8 Å². The third kappa shape index (κ3) is 3.59. The van der Waals surface area contributed by atoms with Crippen LogP contribution in [-0.4, -0.2) is 68.7 Å². The SMILES string of the molecule is CCO[C@]12CS(=O)(=O)O[C@@]13[C@@H](CN2)O[C@@H](n1cc(C)c(=O)[nH]c1=O)[C@@H]3O[Si](C)(C)C(C)(C)C. The van der Waals surface area contributed by atoms with Gasteiger partial charge in [-0.25, -0.2) is 4.79 Å². The molecule has 4 rings (SSSR count). The van der Waals surface area contributed by atoms with Crippen molar-refractivity contribution in [3.63, 3.8) is 0 Å². The Morgan fingerprint density at radius 1 is 1.30 bits per heavy atom. The summed E-state index contributed by atoms with van der Waals surface area (Å²) in [6, 6.07) is 0. The number of nitrogens with zero attached hydrogens (tertiary/aromatic N) is 1. The summed E-state index contributed by atoms with van der Waals surface area (Å²) in [4.78, 5) is 27.1. The second-order valence-corrected chi connectivity index (χ2v) is 16.8. The standard InChI is InChI=1S/C20H33N3O8SSi/c1-8-28-19-11-32(26,27)31-20(19)13(9-21-19)29-16(14(20)30-33(6,7)18(3,4)5)23-10-12(2)15(24)22-17(23)25/h10,13-14,16,21H,8-9,11H2,1-7H3,(H,22,24,25)/t13-,14+,16-,19-,20-/m1/s1. The number of hydrogen-bond acceptors (Lipinski definition) is 9. The molecule has 0 aliphatic carbocycles. The Hall–Kier alpha value is -1.35. The van der Waals surface area contributed by atoms with Gasteiger partial charge in [-0.3, -0.25) is 23.8 Å². The molecule has 1 aromatic heterocycles. The van der Waals surface area contributed by atoms with Crippen molar-refractivity contribution in [2.45, 2.75) is 82.5 Å². The minimum absolute atomic E-state index is 0.226. The summed E-state index contributed by atoms with van der Waals surface area (Å²) in [6.45, 7) is 14.1. The fraction of sp³-hybridized carbons (Fsp3) is 0.800. The van der Waals surface area contributed by atoms with Crippen LogP contribution in [0.1, 0.15) is 39.5 Å². The van der Waals surface area contributed by atoms with Crippen LogP contribution in [0.25, 0.3) is 0 Å². The predicted molar refractivity (Wildman–Crippen MR) is 122 cm³/mol. The molecule has 1 aromatic rings. The van der Waals surface area contributed by atoms with Crippen LogP contribution in [-0.2, 0) is 28.2 Å².